The molecule has 0 aliphatic rings. The van der Waals surface area contributed by atoms with Crippen molar-refractivity contribution in [3.63, 3.8) is 0 Å². The number of likely N-dealkylation sites (N-methyl/N-ethyl adjacent to an activating group) is 1. The van der Waals surface area contributed by atoms with Gasteiger partial charge in [0.15, 0.2) is 0 Å². The summed E-state index contributed by atoms with van der Waals surface area (Å²) in [5, 5.41) is 4.39. The number of rotatable bonds is 6. The highest BCUT2D eigenvalue weighted by Crippen LogP contribution is 2.22. The molecule has 1 amide bonds. The largest absolute Gasteiger partial charge is 0.368 e. The third kappa shape index (κ3) is 3.24. The first kappa shape index (κ1) is 14.3. The molecule has 20 heavy (non-hydrogen) atoms. The number of hydrogen-bond donors (Lipinski definition) is 2. The van der Waals surface area contributed by atoms with Gasteiger partial charge >= 0.3 is 0 Å². The molecule has 0 aliphatic carbocycles. The number of fused-ring (bicyclic) bond motifs is 1. The van der Waals surface area contributed by atoms with Gasteiger partial charge in [-0.1, -0.05) is 25.1 Å². The summed E-state index contributed by atoms with van der Waals surface area (Å²) in [5.74, 6) is 0.431. The molecule has 0 atom stereocenters. The molecule has 0 spiro atoms. The zero-order chi connectivity index (χ0) is 14.5. The van der Waals surface area contributed by atoms with Crippen molar-refractivity contribution in [2.45, 2.75) is 13.5 Å². The van der Waals surface area contributed by atoms with E-state index in [0.717, 1.165) is 28.8 Å². The molecule has 0 fully saturated rings. The van der Waals surface area contributed by atoms with Crippen LogP contribution in [0.15, 0.2) is 30.3 Å². The molecule has 0 radical (unpaired) electrons. The maximum absolute atomic E-state index is 11.1. The molecule has 5 nitrogen and oxygen atoms in total. The Bertz CT molecular complexity index is 612. The lowest BCUT2D eigenvalue weighted by molar-refractivity contribution is -0.116. The molecular weight excluding hydrogens is 252 g/mol. The molecule has 1 aromatic carbocycles. The number of nitrogens with two attached hydrogens (primary N) is 1. The third-order valence-corrected chi connectivity index (χ3v) is 3.10. The first-order chi connectivity index (χ1) is 9.61. The van der Waals surface area contributed by atoms with E-state index in [1.54, 1.807) is 4.90 Å². The minimum atomic E-state index is -0.364. The molecule has 0 saturated heterocycles. The van der Waals surface area contributed by atoms with Crippen molar-refractivity contribution >= 4 is 22.6 Å². The summed E-state index contributed by atoms with van der Waals surface area (Å²) in [6, 6.07) is 10.1. The van der Waals surface area contributed by atoms with Gasteiger partial charge in [-0.25, -0.2) is 4.98 Å². The molecule has 0 bridgehead atoms. The van der Waals surface area contributed by atoms with E-state index in [9.17, 15) is 4.79 Å². The van der Waals surface area contributed by atoms with Crippen molar-refractivity contribution in [1.29, 1.82) is 0 Å². The normalized spacial score (nSPS) is 10.7. The predicted octanol–water partition coefficient (Wildman–Crippen LogP) is 1.27. The molecule has 2 rings (SSSR count). The standard InChI is InChI=1S/C15H20N4O/c1-3-17-9-12-8-11-6-4-5-7-13(11)18-15(12)19(2)10-14(16)20/h4-8,17H,3,9-10H2,1-2H3,(H2,16,20). The maximum Gasteiger partial charge on any atom is 0.236 e. The van der Waals surface area contributed by atoms with Crippen LogP contribution in [0, 0.1) is 0 Å². The van der Waals surface area contributed by atoms with Crippen molar-refractivity contribution in [1.82, 2.24) is 10.3 Å². The van der Waals surface area contributed by atoms with E-state index in [1.165, 1.54) is 0 Å². The van der Waals surface area contributed by atoms with E-state index in [4.69, 9.17) is 5.73 Å². The topological polar surface area (TPSA) is 71.2 Å². The summed E-state index contributed by atoms with van der Waals surface area (Å²) in [7, 11) is 1.83. The molecule has 0 unspecified atom stereocenters. The predicted molar refractivity (Wildman–Crippen MR) is 81.6 cm³/mol. The molecule has 1 heterocycles. The minimum absolute atomic E-state index is 0.157. The number of benzene rings is 1. The number of carbonyl (C=O) groups excluding carboxylic acids is 1. The lowest BCUT2D eigenvalue weighted by Gasteiger charge is -2.20. The maximum atomic E-state index is 11.1. The van der Waals surface area contributed by atoms with Crippen LogP contribution in [0.1, 0.15) is 12.5 Å². The van der Waals surface area contributed by atoms with Crippen LogP contribution in [0.2, 0.25) is 0 Å². The average molecular weight is 272 g/mol. The average Bonchev–Trinajstić information content (AvgIpc) is 2.43. The number of amides is 1. The van der Waals surface area contributed by atoms with Gasteiger partial charge in [0, 0.05) is 24.5 Å². The van der Waals surface area contributed by atoms with Crippen molar-refractivity contribution < 1.29 is 4.79 Å². The van der Waals surface area contributed by atoms with Crippen LogP contribution in [-0.4, -0.2) is 31.0 Å². The molecule has 106 valence electrons. The summed E-state index contributed by atoms with van der Waals surface area (Å²) in [5.41, 5.74) is 7.25. The van der Waals surface area contributed by atoms with E-state index < -0.39 is 0 Å². The van der Waals surface area contributed by atoms with Gasteiger partial charge in [0.05, 0.1) is 12.1 Å². The highest BCUT2D eigenvalue weighted by molar-refractivity contribution is 5.83. The number of carbonyl (C=O) groups is 1. The summed E-state index contributed by atoms with van der Waals surface area (Å²) in [6.07, 6.45) is 0. The summed E-state index contributed by atoms with van der Waals surface area (Å²) in [6.45, 7) is 3.81. The van der Waals surface area contributed by atoms with Crippen LogP contribution in [0.25, 0.3) is 10.9 Å². The number of para-hydroxylation sites is 1. The smallest absolute Gasteiger partial charge is 0.236 e. The van der Waals surface area contributed by atoms with Gasteiger partial charge in [-0.05, 0) is 18.7 Å². The Balaban J connectivity index is 2.44. The van der Waals surface area contributed by atoms with Crippen molar-refractivity contribution in [2.75, 3.05) is 25.0 Å². The van der Waals surface area contributed by atoms with E-state index in [0.29, 0.717) is 6.54 Å². The van der Waals surface area contributed by atoms with E-state index >= 15 is 0 Å². The van der Waals surface area contributed by atoms with Gasteiger partial charge in [-0.15, -0.1) is 0 Å². The first-order valence-electron chi connectivity index (χ1n) is 6.70. The lowest BCUT2D eigenvalue weighted by Crippen LogP contribution is -2.32. The SMILES string of the molecule is CCNCc1cc2ccccc2nc1N(C)CC(N)=O. The monoisotopic (exact) mass is 272 g/mol. The van der Waals surface area contributed by atoms with E-state index in [2.05, 4.69) is 23.3 Å². The van der Waals surface area contributed by atoms with E-state index in [1.807, 2.05) is 31.3 Å². The fourth-order valence-corrected chi connectivity index (χ4v) is 2.18. The van der Waals surface area contributed by atoms with Gasteiger partial charge in [0.25, 0.3) is 0 Å². The van der Waals surface area contributed by atoms with Gasteiger partial charge < -0.3 is 16.0 Å². The highest BCUT2D eigenvalue weighted by Gasteiger charge is 2.12. The fraction of sp³-hybridized carbons (Fsp3) is 0.333. The molecule has 2 aromatic rings. The Morgan fingerprint density at radius 3 is 2.85 bits per heavy atom. The quantitative estimate of drug-likeness (QED) is 0.830. The molecule has 0 saturated carbocycles. The van der Waals surface area contributed by atoms with Crippen LogP contribution < -0.4 is 16.0 Å². The van der Waals surface area contributed by atoms with Gasteiger partial charge in [-0.3, -0.25) is 4.79 Å². The Labute approximate surface area is 118 Å². The number of hydrogen-bond acceptors (Lipinski definition) is 4. The van der Waals surface area contributed by atoms with Crippen molar-refractivity contribution in [3.8, 4) is 0 Å². The van der Waals surface area contributed by atoms with Crippen LogP contribution in [0.3, 0.4) is 0 Å². The Kier molecular flexibility index (Phi) is 4.53. The zero-order valence-corrected chi connectivity index (χ0v) is 11.9. The van der Waals surface area contributed by atoms with Gasteiger partial charge in [-0.2, -0.15) is 0 Å². The second-order valence-corrected chi connectivity index (χ2v) is 4.77. The van der Waals surface area contributed by atoms with Crippen LogP contribution in [0.4, 0.5) is 5.82 Å². The van der Waals surface area contributed by atoms with Crippen molar-refractivity contribution in [3.05, 3.63) is 35.9 Å². The summed E-state index contributed by atoms with van der Waals surface area (Å²) in [4.78, 5) is 17.6. The Morgan fingerprint density at radius 1 is 1.40 bits per heavy atom. The number of primary amides is 1. The summed E-state index contributed by atoms with van der Waals surface area (Å²) >= 11 is 0. The highest BCUT2D eigenvalue weighted by atomic mass is 16.1. The first-order valence-corrected chi connectivity index (χ1v) is 6.70. The number of pyridine rings is 1. The van der Waals surface area contributed by atoms with Gasteiger partial charge in [0.1, 0.15) is 5.82 Å². The number of nitrogens with zero attached hydrogens (tertiary/aromatic N) is 2. The lowest BCUT2D eigenvalue weighted by atomic mass is 10.1. The van der Waals surface area contributed by atoms with Crippen LogP contribution >= 0.6 is 0 Å². The zero-order valence-electron chi connectivity index (χ0n) is 11.9. The Hall–Kier alpha value is -2.14. The number of nitrogens with one attached hydrogen (secondary N) is 1. The second kappa shape index (κ2) is 6.34. The molecular formula is C15H20N4O. The summed E-state index contributed by atoms with van der Waals surface area (Å²) < 4.78 is 0. The number of anilines is 1. The van der Waals surface area contributed by atoms with E-state index in [-0.39, 0.29) is 12.5 Å². The number of aromatic nitrogens is 1. The molecule has 1 aromatic heterocycles. The van der Waals surface area contributed by atoms with Gasteiger partial charge in [0.2, 0.25) is 5.91 Å². The second-order valence-electron chi connectivity index (χ2n) is 4.77. The molecule has 0 aliphatic heterocycles. The molecule has 5 heteroatoms. The molecule has 3 N–H and O–H groups in total. The Morgan fingerprint density at radius 2 is 2.15 bits per heavy atom. The fourth-order valence-electron chi connectivity index (χ4n) is 2.18. The van der Waals surface area contributed by atoms with Crippen LogP contribution in [0.5, 0.6) is 0 Å². The third-order valence-electron chi connectivity index (χ3n) is 3.10. The minimum Gasteiger partial charge on any atom is -0.368 e. The van der Waals surface area contributed by atoms with Crippen LogP contribution in [-0.2, 0) is 11.3 Å². The van der Waals surface area contributed by atoms with Crippen molar-refractivity contribution in [2.24, 2.45) is 5.73 Å².